The van der Waals surface area contributed by atoms with Crippen LogP contribution >= 0.6 is 0 Å². The average Bonchev–Trinajstić information content (AvgIpc) is 2.18. The number of carbonyl (C=O) groups is 1. The zero-order valence-electron chi connectivity index (χ0n) is 8.79. The summed E-state index contributed by atoms with van der Waals surface area (Å²) in [5.74, 6) is 0.447. The molecule has 2 fully saturated rings. The number of esters is 1. The molecule has 1 aliphatic carbocycles. The Hall–Kier alpha value is -0.570. The van der Waals surface area contributed by atoms with Crippen LogP contribution in [0.15, 0.2) is 0 Å². The van der Waals surface area contributed by atoms with Crippen molar-refractivity contribution in [1.29, 1.82) is 0 Å². The molecular formula is C11H19NO2. The van der Waals surface area contributed by atoms with Crippen molar-refractivity contribution in [3.63, 3.8) is 0 Å². The molecular weight excluding hydrogens is 178 g/mol. The van der Waals surface area contributed by atoms with E-state index in [0.717, 1.165) is 13.0 Å². The molecule has 1 N–H and O–H groups in total. The van der Waals surface area contributed by atoms with Gasteiger partial charge in [0.05, 0.1) is 0 Å². The molecule has 0 aromatic carbocycles. The minimum atomic E-state index is -0.124. The van der Waals surface area contributed by atoms with Gasteiger partial charge < -0.3 is 10.1 Å². The predicted molar refractivity (Wildman–Crippen MR) is 53.9 cm³/mol. The van der Waals surface area contributed by atoms with Gasteiger partial charge in [-0.25, -0.2) is 0 Å². The van der Waals surface area contributed by atoms with Gasteiger partial charge in [0, 0.05) is 18.9 Å². The third-order valence-electron chi connectivity index (χ3n) is 3.45. The van der Waals surface area contributed by atoms with E-state index in [0.29, 0.717) is 12.0 Å². The molecule has 0 amide bonds. The van der Waals surface area contributed by atoms with E-state index in [-0.39, 0.29) is 12.1 Å². The maximum absolute atomic E-state index is 10.9. The van der Waals surface area contributed by atoms with Crippen molar-refractivity contribution in [3.8, 4) is 0 Å². The lowest BCUT2D eigenvalue weighted by Crippen LogP contribution is -2.51. The van der Waals surface area contributed by atoms with Gasteiger partial charge in [-0.2, -0.15) is 0 Å². The molecule has 2 aliphatic rings. The summed E-state index contributed by atoms with van der Waals surface area (Å²) in [6.07, 6.45) is 6.25. The fraction of sp³-hybridized carbons (Fsp3) is 0.909. The van der Waals surface area contributed by atoms with E-state index in [1.165, 1.54) is 32.6 Å². The predicted octanol–water partition coefficient (Wildman–Crippen LogP) is 1.47. The van der Waals surface area contributed by atoms with Gasteiger partial charge in [-0.1, -0.05) is 12.8 Å². The second-order valence-corrected chi connectivity index (χ2v) is 4.45. The van der Waals surface area contributed by atoms with Crippen molar-refractivity contribution in [2.75, 3.05) is 6.54 Å². The van der Waals surface area contributed by atoms with Crippen LogP contribution in [0.3, 0.4) is 0 Å². The van der Waals surface area contributed by atoms with Gasteiger partial charge in [0.2, 0.25) is 0 Å². The number of rotatable bonds is 1. The monoisotopic (exact) mass is 197 g/mol. The molecule has 0 aromatic rings. The van der Waals surface area contributed by atoms with Crippen molar-refractivity contribution >= 4 is 5.97 Å². The Labute approximate surface area is 85.2 Å². The molecule has 3 atom stereocenters. The number of ether oxygens (including phenoxy) is 1. The highest BCUT2D eigenvalue weighted by Gasteiger charge is 2.36. The topological polar surface area (TPSA) is 38.3 Å². The summed E-state index contributed by atoms with van der Waals surface area (Å²) >= 11 is 0. The second-order valence-electron chi connectivity index (χ2n) is 4.45. The molecule has 1 aliphatic heterocycles. The molecule has 1 heterocycles. The van der Waals surface area contributed by atoms with Crippen LogP contribution in [-0.4, -0.2) is 24.7 Å². The number of fused-ring (bicyclic) bond motifs is 1. The van der Waals surface area contributed by atoms with Gasteiger partial charge >= 0.3 is 5.97 Å². The lowest BCUT2D eigenvalue weighted by molar-refractivity contribution is -0.152. The summed E-state index contributed by atoms with van der Waals surface area (Å²) in [7, 11) is 0. The van der Waals surface area contributed by atoms with Gasteiger partial charge in [-0.15, -0.1) is 0 Å². The molecule has 1 saturated heterocycles. The minimum absolute atomic E-state index is 0.124. The third kappa shape index (κ3) is 2.08. The van der Waals surface area contributed by atoms with Crippen LogP contribution in [0.5, 0.6) is 0 Å². The lowest BCUT2D eigenvalue weighted by atomic mass is 9.78. The summed E-state index contributed by atoms with van der Waals surface area (Å²) in [5, 5.41) is 3.53. The van der Waals surface area contributed by atoms with Gasteiger partial charge in [-0.3, -0.25) is 4.79 Å². The first-order valence-electron chi connectivity index (χ1n) is 5.68. The second kappa shape index (κ2) is 4.30. The summed E-state index contributed by atoms with van der Waals surface area (Å²) in [4.78, 5) is 10.9. The highest BCUT2D eigenvalue weighted by molar-refractivity contribution is 5.66. The summed E-state index contributed by atoms with van der Waals surface area (Å²) in [6, 6.07) is 0.599. The molecule has 0 unspecified atom stereocenters. The molecule has 1 saturated carbocycles. The Morgan fingerprint density at radius 2 is 2.07 bits per heavy atom. The standard InChI is InChI=1S/C11H19NO2/c1-8(13)14-11-6-7-12-10-5-3-2-4-9(10)11/h9-12H,2-7H2,1H3/t9-,10+,11+/m0/s1. The molecule has 0 radical (unpaired) electrons. The van der Waals surface area contributed by atoms with Crippen LogP contribution in [0.25, 0.3) is 0 Å². The highest BCUT2D eigenvalue weighted by Crippen LogP contribution is 2.32. The van der Waals surface area contributed by atoms with Crippen LogP contribution in [0.2, 0.25) is 0 Å². The Kier molecular flexibility index (Phi) is 3.06. The Morgan fingerprint density at radius 1 is 1.29 bits per heavy atom. The zero-order valence-corrected chi connectivity index (χ0v) is 8.79. The average molecular weight is 197 g/mol. The maximum atomic E-state index is 10.9. The van der Waals surface area contributed by atoms with E-state index < -0.39 is 0 Å². The first kappa shape index (κ1) is 9.97. The Morgan fingerprint density at radius 3 is 2.86 bits per heavy atom. The molecule has 80 valence electrons. The maximum Gasteiger partial charge on any atom is 0.302 e. The van der Waals surface area contributed by atoms with Crippen LogP contribution in [0.4, 0.5) is 0 Å². The number of hydrogen-bond donors (Lipinski definition) is 1. The lowest BCUT2D eigenvalue weighted by Gasteiger charge is -2.41. The number of hydrogen-bond acceptors (Lipinski definition) is 3. The van der Waals surface area contributed by atoms with Crippen molar-refractivity contribution in [1.82, 2.24) is 5.32 Å². The SMILES string of the molecule is CC(=O)O[C@@H]1CCN[C@@H]2CCCC[C@@H]21. The van der Waals surface area contributed by atoms with E-state index in [1.807, 2.05) is 0 Å². The molecule has 2 rings (SSSR count). The first-order valence-corrected chi connectivity index (χ1v) is 5.68. The van der Waals surface area contributed by atoms with E-state index >= 15 is 0 Å². The summed E-state index contributed by atoms with van der Waals surface area (Å²) < 4.78 is 5.38. The van der Waals surface area contributed by atoms with E-state index in [9.17, 15) is 4.79 Å². The van der Waals surface area contributed by atoms with Crippen LogP contribution in [0, 0.1) is 5.92 Å². The van der Waals surface area contributed by atoms with Crippen molar-refractivity contribution in [2.24, 2.45) is 5.92 Å². The molecule has 0 bridgehead atoms. The van der Waals surface area contributed by atoms with Crippen LogP contribution in [0.1, 0.15) is 39.0 Å². The smallest absolute Gasteiger partial charge is 0.302 e. The fourth-order valence-electron chi connectivity index (χ4n) is 2.84. The van der Waals surface area contributed by atoms with E-state index in [1.54, 1.807) is 0 Å². The minimum Gasteiger partial charge on any atom is -0.462 e. The Bertz CT molecular complexity index is 215. The molecule has 14 heavy (non-hydrogen) atoms. The van der Waals surface area contributed by atoms with Crippen LogP contribution < -0.4 is 5.32 Å². The summed E-state index contributed by atoms with van der Waals surface area (Å²) in [5.41, 5.74) is 0. The van der Waals surface area contributed by atoms with Crippen molar-refractivity contribution < 1.29 is 9.53 Å². The number of carbonyl (C=O) groups excluding carboxylic acids is 1. The third-order valence-corrected chi connectivity index (χ3v) is 3.45. The van der Waals surface area contributed by atoms with Crippen molar-refractivity contribution in [3.05, 3.63) is 0 Å². The first-order chi connectivity index (χ1) is 6.77. The molecule has 0 aromatic heterocycles. The summed E-state index contributed by atoms with van der Waals surface area (Å²) in [6.45, 7) is 2.51. The quantitative estimate of drug-likeness (QED) is 0.647. The van der Waals surface area contributed by atoms with Crippen molar-refractivity contribution in [2.45, 2.75) is 51.2 Å². The van der Waals surface area contributed by atoms with Crippen LogP contribution in [-0.2, 0) is 9.53 Å². The number of nitrogens with one attached hydrogen (secondary N) is 1. The molecule has 3 heteroatoms. The van der Waals surface area contributed by atoms with Gasteiger partial charge in [0.1, 0.15) is 6.10 Å². The zero-order chi connectivity index (χ0) is 9.97. The van der Waals surface area contributed by atoms with E-state index in [2.05, 4.69) is 5.32 Å². The highest BCUT2D eigenvalue weighted by atomic mass is 16.5. The fourth-order valence-corrected chi connectivity index (χ4v) is 2.84. The normalized spacial score (nSPS) is 37.4. The van der Waals surface area contributed by atoms with E-state index in [4.69, 9.17) is 4.74 Å². The van der Waals surface area contributed by atoms with Gasteiger partial charge in [-0.05, 0) is 25.8 Å². The largest absolute Gasteiger partial charge is 0.462 e. The Balaban J connectivity index is 1.97. The number of piperidine rings is 1. The molecule has 3 nitrogen and oxygen atoms in total. The van der Waals surface area contributed by atoms with Gasteiger partial charge in [0.15, 0.2) is 0 Å². The molecule has 0 spiro atoms. The van der Waals surface area contributed by atoms with Gasteiger partial charge in [0.25, 0.3) is 0 Å².